The molecule has 2 aromatic rings. The van der Waals surface area contributed by atoms with Crippen molar-refractivity contribution in [3.63, 3.8) is 0 Å². The van der Waals surface area contributed by atoms with Gasteiger partial charge in [0.25, 0.3) is 0 Å². The van der Waals surface area contributed by atoms with E-state index in [-0.39, 0.29) is 17.4 Å². The van der Waals surface area contributed by atoms with Gasteiger partial charge in [0.05, 0.1) is 0 Å². The van der Waals surface area contributed by atoms with Gasteiger partial charge < -0.3 is 0 Å². The summed E-state index contributed by atoms with van der Waals surface area (Å²) in [7, 11) is 0. The minimum atomic E-state index is -1.48. The largest absolute Gasteiger partial charge is 0.206 e. The summed E-state index contributed by atoms with van der Waals surface area (Å²) >= 11 is 0. The number of benzene rings is 2. The molecule has 0 aromatic heterocycles. The molecule has 1 unspecified atom stereocenters. The van der Waals surface area contributed by atoms with E-state index < -0.39 is 29.1 Å². The smallest absolute Gasteiger partial charge is 0.194 e. The van der Waals surface area contributed by atoms with E-state index in [9.17, 15) is 13.2 Å². The van der Waals surface area contributed by atoms with E-state index in [1.54, 1.807) is 6.08 Å². The van der Waals surface area contributed by atoms with Gasteiger partial charge in [0.15, 0.2) is 17.5 Å². The molecule has 0 nitrogen and oxygen atoms in total. The van der Waals surface area contributed by atoms with E-state index in [1.165, 1.54) is 63.5 Å². The van der Waals surface area contributed by atoms with E-state index in [2.05, 4.69) is 6.92 Å². The third-order valence-corrected chi connectivity index (χ3v) is 10.3. The zero-order chi connectivity index (χ0) is 28.2. The second kappa shape index (κ2) is 13.2. The van der Waals surface area contributed by atoms with Crippen molar-refractivity contribution in [3.8, 4) is 0 Å². The van der Waals surface area contributed by atoms with E-state index >= 15 is 8.78 Å². The molecule has 218 valence electrons. The fraction of sp³-hybridized carbons (Fsp3) is 0.600. The van der Waals surface area contributed by atoms with Crippen molar-refractivity contribution in [2.75, 3.05) is 0 Å². The van der Waals surface area contributed by atoms with Crippen LogP contribution in [0.5, 0.6) is 0 Å². The Balaban J connectivity index is 1.17. The number of hydrogen-bond donors (Lipinski definition) is 0. The summed E-state index contributed by atoms with van der Waals surface area (Å²) < 4.78 is 71.3. The maximum Gasteiger partial charge on any atom is 0.194 e. The summed E-state index contributed by atoms with van der Waals surface area (Å²) in [5.74, 6) is -2.47. The van der Waals surface area contributed by atoms with Crippen LogP contribution in [0.15, 0.2) is 30.3 Å². The first kappa shape index (κ1) is 29.3. The van der Waals surface area contributed by atoms with Crippen LogP contribution in [0.1, 0.15) is 132 Å². The summed E-state index contributed by atoms with van der Waals surface area (Å²) in [4.78, 5) is 0. The Bertz CT molecular complexity index is 1140. The third kappa shape index (κ3) is 6.65. The standard InChI is InChI=1S/C35H43F5/c1-2-3-4-5-22-6-8-23(9-7-22)24-10-12-25(13-11-24)28-18-30(36)34(31(37)19-28)27-16-14-26(15-17-27)29-20-32(38)35(40)33(39)21-29/h16,18-26H,2-15,17H2,1H3. The summed E-state index contributed by atoms with van der Waals surface area (Å²) in [5.41, 5.74) is 1.75. The lowest BCUT2D eigenvalue weighted by atomic mass is 9.68. The predicted octanol–water partition coefficient (Wildman–Crippen LogP) is 11.4. The molecule has 0 amide bonds. The fourth-order valence-electron chi connectivity index (χ4n) is 7.87. The zero-order valence-corrected chi connectivity index (χ0v) is 23.8. The highest BCUT2D eigenvalue weighted by Gasteiger charge is 2.32. The molecular weight excluding hydrogens is 515 g/mol. The monoisotopic (exact) mass is 558 g/mol. The first-order valence-electron chi connectivity index (χ1n) is 15.7. The van der Waals surface area contributed by atoms with E-state index in [0.29, 0.717) is 30.4 Å². The Hall–Kier alpha value is -2.17. The van der Waals surface area contributed by atoms with Gasteiger partial charge in [-0.05, 0) is 128 Å². The highest BCUT2D eigenvalue weighted by Crippen LogP contribution is 2.45. The normalized spacial score (nSPS) is 27.4. The Kier molecular flexibility index (Phi) is 9.68. The molecule has 40 heavy (non-hydrogen) atoms. The van der Waals surface area contributed by atoms with E-state index in [1.807, 2.05) is 0 Å². The molecule has 5 rings (SSSR count). The number of halogens is 5. The minimum Gasteiger partial charge on any atom is -0.206 e. The summed E-state index contributed by atoms with van der Waals surface area (Å²) in [6.45, 7) is 2.27. The van der Waals surface area contributed by atoms with Crippen molar-refractivity contribution >= 4 is 5.57 Å². The molecule has 0 saturated heterocycles. The first-order chi connectivity index (χ1) is 19.3. The van der Waals surface area contributed by atoms with Crippen LogP contribution < -0.4 is 0 Å². The van der Waals surface area contributed by atoms with E-state index in [4.69, 9.17) is 0 Å². The molecule has 0 aliphatic heterocycles. The van der Waals surface area contributed by atoms with Crippen LogP contribution in [0.2, 0.25) is 0 Å². The maximum atomic E-state index is 15.3. The number of hydrogen-bond acceptors (Lipinski definition) is 0. The lowest BCUT2D eigenvalue weighted by Gasteiger charge is -2.38. The molecule has 0 radical (unpaired) electrons. The Morgan fingerprint density at radius 3 is 1.73 bits per heavy atom. The summed E-state index contributed by atoms with van der Waals surface area (Å²) in [5, 5.41) is 0. The topological polar surface area (TPSA) is 0 Å². The van der Waals surface area contributed by atoms with Gasteiger partial charge in [-0.2, -0.15) is 0 Å². The van der Waals surface area contributed by atoms with Gasteiger partial charge in [0.2, 0.25) is 0 Å². The van der Waals surface area contributed by atoms with E-state index in [0.717, 1.165) is 61.1 Å². The molecule has 5 heteroatoms. The molecule has 2 fully saturated rings. The Labute approximate surface area is 236 Å². The third-order valence-electron chi connectivity index (χ3n) is 10.3. The van der Waals surface area contributed by atoms with Gasteiger partial charge in [-0.15, -0.1) is 0 Å². The van der Waals surface area contributed by atoms with Gasteiger partial charge in [-0.3, -0.25) is 0 Å². The van der Waals surface area contributed by atoms with Crippen LogP contribution >= 0.6 is 0 Å². The molecule has 2 aromatic carbocycles. The van der Waals surface area contributed by atoms with Gasteiger partial charge in [0, 0.05) is 5.56 Å². The molecule has 3 aliphatic rings. The van der Waals surface area contributed by atoms with Crippen molar-refractivity contribution in [2.45, 2.75) is 115 Å². The molecular formula is C35H43F5. The number of unbranched alkanes of at least 4 members (excludes halogenated alkanes) is 2. The van der Waals surface area contributed by atoms with Crippen molar-refractivity contribution < 1.29 is 22.0 Å². The number of allylic oxidation sites excluding steroid dienone is 2. The molecule has 3 aliphatic carbocycles. The van der Waals surface area contributed by atoms with Crippen LogP contribution in [-0.2, 0) is 0 Å². The van der Waals surface area contributed by atoms with Crippen LogP contribution in [0.3, 0.4) is 0 Å². The summed E-state index contributed by atoms with van der Waals surface area (Å²) in [6.07, 6.45) is 18.2. The minimum absolute atomic E-state index is 0.0167. The lowest BCUT2D eigenvalue weighted by Crippen LogP contribution is -2.25. The van der Waals surface area contributed by atoms with Gasteiger partial charge in [-0.25, -0.2) is 22.0 Å². The number of rotatable bonds is 8. The zero-order valence-electron chi connectivity index (χ0n) is 23.8. The molecule has 1 atom stereocenters. The first-order valence-corrected chi connectivity index (χ1v) is 15.7. The summed E-state index contributed by atoms with van der Waals surface area (Å²) in [6, 6.07) is 5.10. The lowest BCUT2D eigenvalue weighted by molar-refractivity contribution is 0.155. The van der Waals surface area contributed by atoms with Gasteiger partial charge in [-0.1, -0.05) is 51.5 Å². The van der Waals surface area contributed by atoms with Gasteiger partial charge in [0.1, 0.15) is 11.6 Å². The highest BCUT2D eigenvalue weighted by molar-refractivity contribution is 5.68. The fourth-order valence-corrected chi connectivity index (χ4v) is 7.87. The molecule has 0 N–H and O–H groups in total. The molecule has 2 saturated carbocycles. The maximum absolute atomic E-state index is 15.3. The van der Waals surface area contributed by atoms with Crippen molar-refractivity contribution in [1.82, 2.24) is 0 Å². The average Bonchev–Trinajstić information content (AvgIpc) is 2.96. The van der Waals surface area contributed by atoms with Crippen LogP contribution in [0.4, 0.5) is 22.0 Å². The average molecular weight is 559 g/mol. The second-order valence-electron chi connectivity index (χ2n) is 12.7. The quantitative estimate of drug-likeness (QED) is 0.172. The van der Waals surface area contributed by atoms with Crippen molar-refractivity contribution in [2.24, 2.45) is 17.8 Å². The SMILES string of the molecule is CCCCCC1CCC(C2CCC(c3cc(F)c(C4=CCC(c5cc(F)c(F)c(F)c5)CC4)c(F)c3)CC2)CC1. The molecule has 0 heterocycles. The Morgan fingerprint density at radius 2 is 1.18 bits per heavy atom. The van der Waals surface area contributed by atoms with Crippen molar-refractivity contribution in [1.29, 1.82) is 0 Å². The molecule has 0 bridgehead atoms. The van der Waals surface area contributed by atoms with Gasteiger partial charge >= 0.3 is 0 Å². The predicted molar refractivity (Wildman–Crippen MR) is 152 cm³/mol. The Morgan fingerprint density at radius 1 is 0.625 bits per heavy atom. The van der Waals surface area contributed by atoms with Crippen LogP contribution in [0.25, 0.3) is 5.57 Å². The van der Waals surface area contributed by atoms with Crippen LogP contribution in [0, 0.1) is 46.8 Å². The second-order valence-corrected chi connectivity index (χ2v) is 12.7. The van der Waals surface area contributed by atoms with Crippen molar-refractivity contribution in [3.05, 3.63) is 76.1 Å². The van der Waals surface area contributed by atoms with Crippen LogP contribution in [-0.4, -0.2) is 0 Å². The molecule has 0 spiro atoms. The highest BCUT2D eigenvalue weighted by atomic mass is 19.2.